The fourth-order valence-electron chi connectivity index (χ4n) is 6.04. The highest BCUT2D eigenvalue weighted by Gasteiger charge is 2.58. The van der Waals surface area contributed by atoms with Crippen LogP contribution in [0.4, 0.5) is 4.79 Å². The molecule has 2 aromatic rings. The van der Waals surface area contributed by atoms with Crippen molar-refractivity contribution in [2.45, 2.75) is 49.8 Å². The summed E-state index contributed by atoms with van der Waals surface area (Å²) in [4.78, 5) is 39.4. The van der Waals surface area contributed by atoms with Crippen molar-refractivity contribution in [3.63, 3.8) is 0 Å². The van der Waals surface area contributed by atoms with Crippen molar-refractivity contribution in [1.29, 1.82) is 0 Å². The van der Waals surface area contributed by atoms with Crippen molar-refractivity contribution in [2.24, 2.45) is 5.41 Å². The third-order valence-corrected chi connectivity index (χ3v) is 8.06. The average Bonchev–Trinajstić information content (AvgIpc) is 3.21. The van der Waals surface area contributed by atoms with Crippen LogP contribution in [0.15, 0.2) is 48.5 Å². The predicted octanol–water partition coefficient (Wildman–Crippen LogP) is 3.15. The Balaban J connectivity index is 1.09. The molecular formula is C27H28N2O6. The van der Waals surface area contributed by atoms with Crippen LogP contribution < -0.4 is 5.32 Å². The van der Waals surface area contributed by atoms with E-state index < -0.39 is 23.5 Å². The smallest absolute Gasteiger partial charge is 0.407 e. The lowest BCUT2D eigenvalue weighted by Gasteiger charge is -2.31. The summed E-state index contributed by atoms with van der Waals surface area (Å²) in [5.41, 5.74) is 3.84. The molecule has 3 fully saturated rings. The number of rotatable bonds is 6. The number of aliphatic carboxylic acids is 1. The highest BCUT2D eigenvalue weighted by molar-refractivity contribution is 5.91. The number of likely N-dealkylation sites (tertiary alicyclic amines) is 1. The van der Waals surface area contributed by atoms with Crippen LogP contribution in [0.1, 0.15) is 42.7 Å². The molecule has 2 aliphatic heterocycles. The number of carboxylic acids is 1. The van der Waals surface area contributed by atoms with Crippen LogP contribution in [0.2, 0.25) is 0 Å². The van der Waals surface area contributed by atoms with Gasteiger partial charge in [0.25, 0.3) is 0 Å². The Labute approximate surface area is 203 Å². The molecule has 0 spiro atoms. The van der Waals surface area contributed by atoms with Crippen molar-refractivity contribution >= 4 is 18.0 Å². The van der Waals surface area contributed by atoms with Crippen molar-refractivity contribution in [3.05, 3.63) is 59.7 Å². The highest BCUT2D eigenvalue weighted by atomic mass is 16.5. The molecule has 1 saturated carbocycles. The van der Waals surface area contributed by atoms with E-state index in [4.69, 9.17) is 9.47 Å². The first-order valence-electron chi connectivity index (χ1n) is 12.2. The van der Waals surface area contributed by atoms with E-state index in [1.807, 2.05) is 24.3 Å². The lowest BCUT2D eigenvalue weighted by Crippen LogP contribution is -2.51. The normalized spacial score (nSPS) is 25.5. The van der Waals surface area contributed by atoms with E-state index in [2.05, 4.69) is 29.6 Å². The Kier molecular flexibility index (Phi) is 5.29. The molecule has 2 amide bonds. The van der Waals surface area contributed by atoms with Gasteiger partial charge in [0.1, 0.15) is 12.6 Å². The largest absolute Gasteiger partial charge is 0.480 e. The molecule has 4 aliphatic rings. The van der Waals surface area contributed by atoms with Gasteiger partial charge in [-0.25, -0.2) is 9.59 Å². The number of amides is 2. The maximum absolute atomic E-state index is 13.5. The molecule has 2 N–H and O–H groups in total. The maximum atomic E-state index is 13.5. The van der Waals surface area contributed by atoms with Gasteiger partial charge in [0.15, 0.2) is 0 Å². The summed E-state index contributed by atoms with van der Waals surface area (Å²) in [7, 11) is 0. The zero-order chi connectivity index (χ0) is 24.2. The predicted molar refractivity (Wildman–Crippen MR) is 126 cm³/mol. The average molecular weight is 477 g/mol. The lowest BCUT2D eigenvalue weighted by atomic mass is 9.98. The fourth-order valence-corrected chi connectivity index (χ4v) is 6.04. The van der Waals surface area contributed by atoms with Crippen LogP contribution in [0.25, 0.3) is 11.1 Å². The number of nitrogens with one attached hydrogen (secondary N) is 1. The van der Waals surface area contributed by atoms with Gasteiger partial charge in [-0.3, -0.25) is 4.79 Å². The molecule has 0 aromatic heterocycles. The highest BCUT2D eigenvalue weighted by Crippen LogP contribution is 2.49. The molecule has 3 atom stereocenters. The summed E-state index contributed by atoms with van der Waals surface area (Å²) >= 11 is 0. The first-order valence-corrected chi connectivity index (χ1v) is 12.2. The summed E-state index contributed by atoms with van der Waals surface area (Å²) in [5, 5.41) is 12.4. The van der Waals surface area contributed by atoms with E-state index in [1.165, 1.54) is 4.90 Å². The van der Waals surface area contributed by atoms with Gasteiger partial charge in [0, 0.05) is 25.5 Å². The molecule has 2 aromatic carbocycles. The van der Waals surface area contributed by atoms with Crippen LogP contribution in [0.3, 0.4) is 0 Å². The summed E-state index contributed by atoms with van der Waals surface area (Å²) in [6.07, 6.45) is 1.43. The second-order valence-corrected chi connectivity index (χ2v) is 10.0. The van der Waals surface area contributed by atoms with Gasteiger partial charge in [-0.2, -0.15) is 0 Å². The first-order chi connectivity index (χ1) is 17.0. The third kappa shape index (κ3) is 3.67. The Bertz CT molecular complexity index is 1150. The van der Waals surface area contributed by atoms with Crippen LogP contribution in [0.5, 0.6) is 0 Å². The van der Waals surface area contributed by atoms with E-state index in [0.29, 0.717) is 32.3 Å². The number of nitrogens with zero attached hydrogens (tertiary/aromatic N) is 1. The SMILES string of the molecule is O=C(NCC1(C(=O)N2C(C(=O)O)C[C@H]3OCC[C@H]32)CC1)OCC1c2ccccc2-c2ccccc21. The molecule has 2 saturated heterocycles. The monoisotopic (exact) mass is 476 g/mol. The van der Waals surface area contributed by atoms with Gasteiger partial charge in [-0.05, 0) is 41.5 Å². The topological polar surface area (TPSA) is 105 Å². The number of hydrogen-bond donors (Lipinski definition) is 2. The molecule has 1 unspecified atom stereocenters. The minimum absolute atomic E-state index is 0.0371. The van der Waals surface area contributed by atoms with Gasteiger partial charge in [-0.15, -0.1) is 0 Å². The summed E-state index contributed by atoms with van der Waals surface area (Å²) in [6, 6.07) is 15.2. The Morgan fingerprint density at radius 2 is 1.71 bits per heavy atom. The second kappa shape index (κ2) is 8.37. The van der Waals surface area contributed by atoms with Crippen LogP contribution in [-0.2, 0) is 19.1 Å². The van der Waals surface area contributed by atoms with Crippen LogP contribution in [-0.4, -0.2) is 65.9 Å². The zero-order valence-corrected chi connectivity index (χ0v) is 19.3. The summed E-state index contributed by atoms with van der Waals surface area (Å²) in [5.74, 6) is -1.23. The van der Waals surface area contributed by atoms with Gasteiger partial charge in [0.05, 0.1) is 17.6 Å². The number of ether oxygens (including phenoxy) is 2. The molecule has 0 bridgehead atoms. The molecule has 8 heteroatoms. The number of hydrogen-bond acceptors (Lipinski definition) is 5. The third-order valence-electron chi connectivity index (χ3n) is 8.06. The number of carboxylic acid groups (broad SMARTS) is 1. The van der Waals surface area contributed by atoms with Gasteiger partial charge in [0.2, 0.25) is 5.91 Å². The quantitative estimate of drug-likeness (QED) is 0.664. The number of carbonyl (C=O) groups excluding carboxylic acids is 2. The molecule has 2 heterocycles. The number of benzene rings is 2. The van der Waals surface area contributed by atoms with Crippen LogP contribution in [0, 0.1) is 5.41 Å². The van der Waals surface area contributed by atoms with Crippen molar-refractivity contribution < 1.29 is 29.0 Å². The molecule has 8 nitrogen and oxygen atoms in total. The van der Waals surface area contributed by atoms with Gasteiger partial charge < -0.3 is 24.8 Å². The van der Waals surface area contributed by atoms with Crippen molar-refractivity contribution in [2.75, 3.05) is 19.8 Å². The second-order valence-electron chi connectivity index (χ2n) is 10.0. The Morgan fingerprint density at radius 3 is 2.34 bits per heavy atom. The minimum atomic E-state index is -1.00. The summed E-state index contributed by atoms with van der Waals surface area (Å²) in [6.45, 7) is 0.884. The molecule has 2 aliphatic carbocycles. The molecule has 182 valence electrons. The first kappa shape index (κ1) is 22.1. The number of fused-ring (bicyclic) bond motifs is 4. The minimum Gasteiger partial charge on any atom is -0.480 e. The summed E-state index contributed by atoms with van der Waals surface area (Å²) < 4.78 is 11.3. The number of carbonyl (C=O) groups is 3. The maximum Gasteiger partial charge on any atom is 0.407 e. The van der Waals surface area contributed by atoms with Crippen molar-refractivity contribution in [1.82, 2.24) is 10.2 Å². The molecule has 6 rings (SSSR count). The molecule has 0 radical (unpaired) electrons. The van der Waals surface area contributed by atoms with E-state index in [0.717, 1.165) is 22.3 Å². The van der Waals surface area contributed by atoms with Crippen molar-refractivity contribution in [3.8, 4) is 11.1 Å². The van der Waals surface area contributed by atoms with Gasteiger partial charge in [-0.1, -0.05) is 48.5 Å². The van der Waals surface area contributed by atoms with Crippen LogP contribution >= 0.6 is 0 Å². The standard InChI is InChI=1S/C27H28N2O6/c30-24(31)22-13-23-21(9-12-34-23)29(22)25(32)27(10-11-27)15-28-26(33)35-14-20-18-7-3-1-5-16(18)17-6-2-4-8-19(17)20/h1-8,20-23H,9-15H2,(H,28,33)(H,30,31)/t21-,22?,23-/m1/s1. The molecule has 35 heavy (non-hydrogen) atoms. The fraction of sp³-hybridized carbons (Fsp3) is 0.444. The lowest BCUT2D eigenvalue weighted by molar-refractivity contribution is -0.152. The van der Waals surface area contributed by atoms with E-state index in [9.17, 15) is 19.5 Å². The zero-order valence-electron chi connectivity index (χ0n) is 19.3. The Hall–Kier alpha value is -3.39. The van der Waals surface area contributed by atoms with Gasteiger partial charge >= 0.3 is 12.1 Å². The van der Waals surface area contributed by atoms with E-state index in [-0.39, 0.29) is 37.1 Å². The van der Waals surface area contributed by atoms with E-state index in [1.54, 1.807) is 0 Å². The van der Waals surface area contributed by atoms with E-state index >= 15 is 0 Å². The Morgan fingerprint density at radius 1 is 1.06 bits per heavy atom. The number of alkyl carbamates (subject to hydrolysis) is 1. The molecular weight excluding hydrogens is 448 g/mol.